The van der Waals surface area contributed by atoms with E-state index in [9.17, 15) is 13.2 Å². The molecular formula is C21H29N5O3S. The van der Waals surface area contributed by atoms with Gasteiger partial charge in [-0.15, -0.1) is 0 Å². The van der Waals surface area contributed by atoms with Crippen molar-refractivity contribution in [3.05, 3.63) is 41.9 Å². The average Bonchev–Trinajstić information content (AvgIpc) is 3.43. The van der Waals surface area contributed by atoms with Gasteiger partial charge in [0.05, 0.1) is 6.33 Å². The van der Waals surface area contributed by atoms with Crippen LogP contribution in [0.5, 0.6) is 0 Å². The lowest BCUT2D eigenvalue weighted by molar-refractivity contribution is -0.132. The summed E-state index contributed by atoms with van der Waals surface area (Å²) in [6.45, 7) is 8.26. The van der Waals surface area contributed by atoms with Crippen molar-refractivity contribution < 1.29 is 13.2 Å². The number of sulfonamides is 1. The maximum atomic E-state index is 12.7. The zero-order valence-electron chi connectivity index (χ0n) is 17.6. The largest absolute Gasteiger partial charge is 0.368 e. The Morgan fingerprint density at radius 1 is 1.03 bits per heavy atom. The van der Waals surface area contributed by atoms with Crippen LogP contribution in [0.15, 0.2) is 35.7 Å². The van der Waals surface area contributed by atoms with Crippen LogP contribution < -0.4 is 4.90 Å². The molecular weight excluding hydrogens is 402 g/mol. The predicted molar refractivity (Wildman–Crippen MR) is 115 cm³/mol. The van der Waals surface area contributed by atoms with Crippen molar-refractivity contribution in [1.82, 2.24) is 18.8 Å². The second-order valence-electron chi connectivity index (χ2n) is 8.15. The first-order chi connectivity index (χ1) is 14.3. The normalized spacial score (nSPS) is 18.2. The molecule has 1 amide bonds. The minimum atomic E-state index is -3.55. The van der Waals surface area contributed by atoms with E-state index in [0.29, 0.717) is 26.2 Å². The number of anilines is 1. The van der Waals surface area contributed by atoms with Crippen molar-refractivity contribution in [1.29, 1.82) is 0 Å². The third-order valence-corrected chi connectivity index (χ3v) is 7.72. The molecule has 1 aromatic heterocycles. The zero-order valence-corrected chi connectivity index (χ0v) is 18.4. The lowest BCUT2D eigenvalue weighted by Gasteiger charge is -2.37. The first-order valence-electron chi connectivity index (χ1n) is 10.5. The number of piperazine rings is 1. The van der Waals surface area contributed by atoms with Crippen LogP contribution >= 0.6 is 0 Å². The molecule has 0 radical (unpaired) electrons. The summed E-state index contributed by atoms with van der Waals surface area (Å²) in [6.07, 6.45) is 4.67. The Labute approximate surface area is 178 Å². The quantitative estimate of drug-likeness (QED) is 0.719. The van der Waals surface area contributed by atoms with Crippen molar-refractivity contribution in [2.24, 2.45) is 0 Å². The molecule has 3 heterocycles. The highest BCUT2D eigenvalue weighted by Gasteiger charge is 2.29. The van der Waals surface area contributed by atoms with Crippen LogP contribution in [0.3, 0.4) is 0 Å². The molecule has 0 saturated carbocycles. The second kappa shape index (κ2) is 8.39. The smallest absolute Gasteiger partial charge is 0.262 e. The van der Waals surface area contributed by atoms with E-state index >= 15 is 0 Å². The van der Waals surface area contributed by atoms with E-state index < -0.39 is 10.0 Å². The fourth-order valence-electron chi connectivity index (χ4n) is 4.13. The van der Waals surface area contributed by atoms with Gasteiger partial charge in [0.2, 0.25) is 5.91 Å². The Balaban J connectivity index is 1.35. The number of hydrogen-bond donors (Lipinski definition) is 0. The second-order valence-corrected chi connectivity index (χ2v) is 10.0. The lowest BCUT2D eigenvalue weighted by atomic mass is 10.1. The first kappa shape index (κ1) is 20.9. The van der Waals surface area contributed by atoms with E-state index in [0.717, 1.165) is 25.9 Å². The Morgan fingerprint density at radius 2 is 1.73 bits per heavy atom. The van der Waals surface area contributed by atoms with Gasteiger partial charge in [0, 0.05) is 51.2 Å². The number of amides is 1. The Morgan fingerprint density at radius 3 is 2.43 bits per heavy atom. The summed E-state index contributed by atoms with van der Waals surface area (Å²) in [5, 5.41) is 0.0249. The number of rotatable bonds is 5. The van der Waals surface area contributed by atoms with Gasteiger partial charge in [-0.3, -0.25) is 4.79 Å². The molecule has 2 aliphatic heterocycles. The van der Waals surface area contributed by atoms with Crippen LogP contribution in [-0.4, -0.2) is 72.3 Å². The van der Waals surface area contributed by atoms with E-state index in [1.54, 1.807) is 4.57 Å². The fraction of sp³-hybridized carbons (Fsp3) is 0.524. The number of hydrogen-bond acceptors (Lipinski definition) is 5. The Kier molecular flexibility index (Phi) is 5.84. The molecule has 2 saturated heterocycles. The first-order valence-corrected chi connectivity index (χ1v) is 11.9. The SMILES string of the molecule is Cc1ccc(C)c(N2CCN(C(=O)Cn3cnc(S(=O)(=O)N4CCCC4)c3)CC2)c1. The van der Waals surface area contributed by atoms with Crippen LogP contribution in [-0.2, 0) is 21.4 Å². The monoisotopic (exact) mass is 431 g/mol. The molecule has 8 nitrogen and oxygen atoms in total. The average molecular weight is 432 g/mol. The van der Waals surface area contributed by atoms with Gasteiger partial charge < -0.3 is 14.4 Å². The van der Waals surface area contributed by atoms with E-state index in [-0.39, 0.29) is 17.5 Å². The highest BCUT2D eigenvalue weighted by Crippen LogP contribution is 2.23. The van der Waals surface area contributed by atoms with E-state index in [1.807, 2.05) is 4.90 Å². The lowest BCUT2D eigenvalue weighted by Crippen LogP contribution is -2.49. The molecule has 0 N–H and O–H groups in total. The van der Waals surface area contributed by atoms with Crippen LogP contribution in [0.25, 0.3) is 0 Å². The van der Waals surface area contributed by atoms with Crippen LogP contribution in [0.2, 0.25) is 0 Å². The molecule has 0 unspecified atom stereocenters. The van der Waals surface area contributed by atoms with Crippen molar-refractivity contribution in [2.75, 3.05) is 44.2 Å². The van der Waals surface area contributed by atoms with E-state index in [2.05, 4.69) is 41.9 Å². The highest BCUT2D eigenvalue weighted by molar-refractivity contribution is 7.89. The highest BCUT2D eigenvalue weighted by atomic mass is 32.2. The maximum Gasteiger partial charge on any atom is 0.262 e. The van der Waals surface area contributed by atoms with Gasteiger partial charge in [0.15, 0.2) is 5.03 Å². The van der Waals surface area contributed by atoms with Gasteiger partial charge in [-0.05, 0) is 43.9 Å². The number of aromatic nitrogens is 2. The topological polar surface area (TPSA) is 78.8 Å². The molecule has 0 atom stereocenters. The number of carbonyl (C=O) groups is 1. The number of aryl methyl sites for hydroxylation is 2. The molecule has 9 heteroatoms. The number of carbonyl (C=O) groups excluding carboxylic acids is 1. The van der Waals surface area contributed by atoms with Gasteiger partial charge in [0.25, 0.3) is 10.0 Å². The number of imidazole rings is 1. The Bertz CT molecular complexity index is 1020. The molecule has 2 fully saturated rings. The van der Waals surface area contributed by atoms with Crippen molar-refractivity contribution >= 4 is 21.6 Å². The summed E-state index contributed by atoms with van der Waals surface area (Å²) in [5.41, 5.74) is 3.70. The van der Waals surface area contributed by atoms with Gasteiger partial charge in [-0.25, -0.2) is 13.4 Å². The summed E-state index contributed by atoms with van der Waals surface area (Å²) < 4.78 is 28.3. The summed E-state index contributed by atoms with van der Waals surface area (Å²) in [5.74, 6) is -0.0156. The van der Waals surface area contributed by atoms with Crippen LogP contribution in [0.1, 0.15) is 24.0 Å². The van der Waals surface area contributed by atoms with E-state index in [4.69, 9.17) is 0 Å². The number of benzene rings is 1. The summed E-state index contributed by atoms with van der Waals surface area (Å²) in [6, 6.07) is 6.44. The van der Waals surface area contributed by atoms with Crippen molar-refractivity contribution in [3.8, 4) is 0 Å². The summed E-state index contributed by atoms with van der Waals surface area (Å²) >= 11 is 0. The van der Waals surface area contributed by atoms with Gasteiger partial charge in [-0.1, -0.05) is 12.1 Å². The molecule has 0 bridgehead atoms. The number of nitrogens with zero attached hydrogens (tertiary/aromatic N) is 5. The Hall–Kier alpha value is -2.39. The molecule has 1 aromatic carbocycles. The van der Waals surface area contributed by atoms with Crippen molar-refractivity contribution in [2.45, 2.75) is 38.3 Å². The molecule has 0 spiro atoms. The van der Waals surface area contributed by atoms with Gasteiger partial charge in [-0.2, -0.15) is 4.31 Å². The zero-order chi connectivity index (χ0) is 21.3. The molecule has 4 rings (SSSR count). The van der Waals surface area contributed by atoms with E-state index in [1.165, 1.54) is 33.6 Å². The molecule has 162 valence electrons. The van der Waals surface area contributed by atoms with Gasteiger partial charge >= 0.3 is 0 Å². The molecule has 2 aromatic rings. The standard InChI is InChI=1S/C21H29N5O3S/c1-17-5-6-18(2)19(13-17)24-9-11-25(12-10-24)21(27)15-23-14-20(22-16-23)30(28,29)26-7-3-4-8-26/h5-6,13-14,16H,3-4,7-12,15H2,1-2H3. The third kappa shape index (κ3) is 4.22. The fourth-order valence-corrected chi connectivity index (χ4v) is 5.59. The van der Waals surface area contributed by atoms with Crippen molar-refractivity contribution in [3.63, 3.8) is 0 Å². The van der Waals surface area contributed by atoms with Crippen LogP contribution in [0.4, 0.5) is 5.69 Å². The summed E-state index contributed by atoms with van der Waals surface area (Å²) in [4.78, 5) is 21.0. The molecule has 0 aliphatic carbocycles. The molecule has 30 heavy (non-hydrogen) atoms. The minimum absolute atomic E-state index is 0.0156. The van der Waals surface area contributed by atoms with Gasteiger partial charge in [0.1, 0.15) is 6.54 Å². The third-order valence-electron chi connectivity index (χ3n) is 5.93. The van der Waals surface area contributed by atoms with Crippen LogP contribution in [0, 0.1) is 13.8 Å². The summed E-state index contributed by atoms with van der Waals surface area (Å²) in [7, 11) is -3.55. The minimum Gasteiger partial charge on any atom is -0.368 e. The molecule has 2 aliphatic rings. The maximum absolute atomic E-state index is 12.7. The predicted octanol–water partition coefficient (Wildman–Crippen LogP) is 1.63.